The Morgan fingerprint density at radius 3 is 2.90 bits per heavy atom. The third-order valence-electron chi connectivity index (χ3n) is 2.86. The highest BCUT2D eigenvalue weighted by Crippen LogP contribution is 2.20. The van der Waals surface area contributed by atoms with Gasteiger partial charge in [0.15, 0.2) is 0 Å². The summed E-state index contributed by atoms with van der Waals surface area (Å²) in [5.74, 6) is 1.16. The van der Waals surface area contributed by atoms with Crippen LogP contribution in [-0.4, -0.2) is 35.0 Å². The second-order valence-corrected chi connectivity index (χ2v) is 5.24. The Kier molecular flexibility index (Phi) is 5.40. The maximum Gasteiger partial charge on any atom is 0.224 e. The molecule has 110 valence electrons. The van der Waals surface area contributed by atoms with Crippen molar-refractivity contribution in [3.05, 3.63) is 11.2 Å². The predicted octanol–water partition coefficient (Wildman–Crippen LogP) is 2.03. The van der Waals surface area contributed by atoms with Gasteiger partial charge in [0, 0.05) is 25.6 Å². The fourth-order valence-electron chi connectivity index (χ4n) is 1.64. The van der Waals surface area contributed by atoms with Gasteiger partial charge < -0.3 is 16.0 Å². The van der Waals surface area contributed by atoms with Gasteiger partial charge in [-0.2, -0.15) is 4.98 Å². The lowest BCUT2D eigenvalue weighted by Crippen LogP contribution is -2.27. The van der Waals surface area contributed by atoms with Crippen molar-refractivity contribution in [2.75, 3.05) is 23.7 Å². The summed E-state index contributed by atoms with van der Waals surface area (Å²) in [6.07, 6.45) is 5.16. The van der Waals surface area contributed by atoms with Gasteiger partial charge >= 0.3 is 0 Å². The van der Waals surface area contributed by atoms with E-state index < -0.39 is 0 Å². The molecule has 0 saturated heterocycles. The Balaban J connectivity index is 1.79. The maximum atomic E-state index is 11.5. The molecule has 1 aliphatic carbocycles. The molecule has 0 spiro atoms. The van der Waals surface area contributed by atoms with Crippen LogP contribution in [0.25, 0.3) is 0 Å². The molecule has 0 aromatic carbocycles. The number of hydrogen-bond acceptors (Lipinski definition) is 5. The molecule has 0 aliphatic heterocycles. The molecule has 0 unspecified atom stereocenters. The molecule has 1 aromatic rings. The molecule has 0 atom stereocenters. The van der Waals surface area contributed by atoms with Crippen LogP contribution >= 0.6 is 11.6 Å². The summed E-state index contributed by atoms with van der Waals surface area (Å²) in [4.78, 5) is 19.9. The maximum absolute atomic E-state index is 11.5. The molecule has 1 amide bonds. The van der Waals surface area contributed by atoms with Crippen molar-refractivity contribution in [2.45, 2.75) is 38.6 Å². The number of nitrogens with one attached hydrogen (secondary N) is 3. The lowest BCUT2D eigenvalue weighted by molar-refractivity contribution is -0.120. The fraction of sp³-hybridized carbons (Fsp3) is 0.615. The van der Waals surface area contributed by atoms with E-state index in [-0.39, 0.29) is 5.91 Å². The summed E-state index contributed by atoms with van der Waals surface area (Å²) in [6.45, 7) is 3.38. The summed E-state index contributed by atoms with van der Waals surface area (Å²) in [5, 5.41) is 9.56. The van der Waals surface area contributed by atoms with Gasteiger partial charge in [-0.1, -0.05) is 18.5 Å². The Labute approximate surface area is 123 Å². The van der Waals surface area contributed by atoms with Crippen LogP contribution in [-0.2, 0) is 4.79 Å². The van der Waals surface area contributed by atoms with Gasteiger partial charge in [0.05, 0.1) is 6.20 Å². The molecule has 0 radical (unpaired) electrons. The number of nitrogens with zero attached hydrogens (tertiary/aromatic N) is 2. The van der Waals surface area contributed by atoms with Crippen molar-refractivity contribution >= 4 is 29.3 Å². The number of halogens is 1. The number of rotatable bonds is 8. The number of carbonyl (C=O) groups excluding carboxylic acids is 1. The summed E-state index contributed by atoms with van der Waals surface area (Å²) < 4.78 is 0. The zero-order valence-corrected chi connectivity index (χ0v) is 12.3. The monoisotopic (exact) mass is 297 g/mol. The SMILES string of the molecule is CCCNc1ncc(Cl)c(NCCC(=O)NC2CC2)n1. The number of anilines is 2. The van der Waals surface area contributed by atoms with E-state index in [1.165, 1.54) is 0 Å². The minimum atomic E-state index is 0.0644. The third-order valence-corrected chi connectivity index (χ3v) is 3.14. The van der Waals surface area contributed by atoms with E-state index in [0.717, 1.165) is 25.8 Å². The minimum Gasteiger partial charge on any atom is -0.368 e. The summed E-state index contributed by atoms with van der Waals surface area (Å²) in [6, 6.07) is 0.398. The van der Waals surface area contributed by atoms with Gasteiger partial charge in [-0.25, -0.2) is 4.98 Å². The highest BCUT2D eigenvalue weighted by atomic mass is 35.5. The Morgan fingerprint density at radius 2 is 2.20 bits per heavy atom. The van der Waals surface area contributed by atoms with Crippen LogP contribution in [0, 0.1) is 0 Å². The molecule has 6 nitrogen and oxygen atoms in total. The van der Waals surface area contributed by atoms with E-state index in [2.05, 4.69) is 32.8 Å². The van der Waals surface area contributed by atoms with E-state index in [4.69, 9.17) is 11.6 Å². The van der Waals surface area contributed by atoms with Crippen LogP contribution < -0.4 is 16.0 Å². The van der Waals surface area contributed by atoms with Crippen LogP contribution in [0.4, 0.5) is 11.8 Å². The molecular weight excluding hydrogens is 278 g/mol. The molecule has 20 heavy (non-hydrogen) atoms. The average Bonchev–Trinajstić information content (AvgIpc) is 3.23. The lowest BCUT2D eigenvalue weighted by atomic mass is 10.4. The largest absolute Gasteiger partial charge is 0.368 e. The number of hydrogen-bond donors (Lipinski definition) is 3. The molecule has 2 rings (SSSR count). The van der Waals surface area contributed by atoms with Crippen LogP contribution in [0.15, 0.2) is 6.20 Å². The second kappa shape index (κ2) is 7.28. The summed E-state index contributed by atoms with van der Waals surface area (Å²) in [7, 11) is 0. The lowest BCUT2D eigenvalue weighted by Gasteiger charge is -2.09. The first kappa shape index (κ1) is 14.8. The Hall–Kier alpha value is -1.56. The van der Waals surface area contributed by atoms with Crippen LogP contribution in [0.1, 0.15) is 32.6 Å². The van der Waals surface area contributed by atoms with Crippen molar-refractivity contribution in [3.63, 3.8) is 0 Å². The second-order valence-electron chi connectivity index (χ2n) is 4.84. The van der Waals surface area contributed by atoms with Gasteiger partial charge in [0.2, 0.25) is 11.9 Å². The molecule has 0 bridgehead atoms. The zero-order chi connectivity index (χ0) is 14.4. The Morgan fingerprint density at radius 1 is 1.40 bits per heavy atom. The number of aromatic nitrogens is 2. The summed E-state index contributed by atoms with van der Waals surface area (Å²) in [5.41, 5.74) is 0. The standard InChI is InChI=1S/C13H20ClN5O/c1-2-6-16-13-17-8-10(14)12(19-13)15-7-5-11(20)18-9-3-4-9/h8-9H,2-7H2,1H3,(H,18,20)(H2,15,16,17,19). The zero-order valence-electron chi connectivity index (χ0n) is 11.6. The van der Waals surface area contributed by atoms with Crippen molar-refractivity contribution in [1.82, 2.24) is 15.3 Å². The van der Waals surface area contributed by atoms with Crippen LogP contribution in [0.2, 0.25) is 5.02 Å². The van der Waals surface area contributed by atoms with E-state index >= 15 is 0 Å². The average molecular weight is 298 g/mol. The smallest absolute Gasteiger partial charge is 0.224 e. The molecule has 1 heterocycles. The summed E-state index contributed by atoms with van der Waals surface area (Å²) >= 11 is 6.02. The first-order chi connectivity index (χ1) is 9.69. The predicted molar refractivity (Wildman–Crippen MR) is 80.1 cm³/mol. The van der Waals surface area contributed by atoms with E-state index in [0.29, 0.717) is 35.8 Å². The van der Waals surface area contributed by atoms with Gasteiger partial charge in [0.25, 0.3) is 0 Å². The van der Waals surface area contributed by atoms with Gasteiger partial charge in [-0.15, -0.1) is 0 Å². The molecule has 7 heteroatoms. The van der Waals surface area contributed by atoms with Crippen molar-refractivity contribution in [3.8, 4) is 0 Å². The third kappa shape index (κ3) is 4.85. The van der Waals surface area contributed by atoms with E-state index in [1.54, 1.807) is 6.20 Å². The van der Waals surface area contributed by atoms with Crippen LogP contribution in [0.3, 0.4) is 0 Å². The topological polar surface area (TPSA) is 78.9 Å². The van der Waals surface area contributed by atoms with Crippen LogP contribution in [0.5, 0.6) is 0 Å². The van der Waals surface area contributed by atoms with Crippen molar-refractivity contribution in [2.24, 2.45) is 0 Å². The van der Waals surface area contributed by atoms with Crippen molar-refractivity contribution < 1.29 is 4.79 Å². The Bertz CT molecular complexity index is 464. The van der Waals surface area contributed by atoms with Gasteiger partial charge in [-0.3, -0.25) is 4.79 Å². The van der Waals surface area contributed by atoms with E-state index in [1.807, 2.05) is 0 Å². The first-order valence-corrected chi connectivity index (χ1v) is 7.36. The quantitative estimate of drug-likeness (QED) is 0.684. The highest BCUT2D eigenvalue weighted by Gasteiger charge is 2.22. The molecular formula is C13H20ClN5O. The highest BCUT2D eigenvalue weighted by molar-refractivity contribution is 6.32. The normalized spacial score (nSPS) is 13.9. The van der Waals surface area contributed by atoms with E-state index in [9.17, 15) is 4.79 Å². The van der Waals surface area contributed by atoms with Crippen molar-refractivity contribution in [1.29, 1.82) is 0 Å². The van der Waals surface area contributed by atoms with Gasteiger partial charge in [0.1, 0.15) is 10.8 Å². The molecule has 1 saturated carbocycles. The number of amides is 1. The molecule has 1 aliphatic rings. The van der Waals surface area contributed by atoms with Gasteiger partial charge in [-0.05, 0) is 19.3 Å². The molecule has 1 aromatic heterocycles. The fourth-order valence-corrected chi connectivity index (χ4v) is 1.79. The molecule has 1 fully saturated rings. The first-order valence-electron chi connectivity index (χ1n) is 6.98. The minimum absolute atomic E-state index is 0.0644. The molecule has 3 N–H and O–H groups in total. The number of carbonyl (C=O) groups is 1.